The summed E-state index contributed by atoms with van der Waals surface area (Å²) in [5.41, 5.74) is 7.11. The monoisotopic (exact) mass is 201 g/mol. The van der Waals surface area contributed by atoms with Crippen LogP contribution in [0.5, 0.6) is 0 Å². The first kappa shape index (κ1) is 7.92. The molecule has 0 amide bonds. The van der Waals surface area contributed by atoms with Crippen LogP contribution >= 0.6 is 0 Å². The fourth-order valence-corrected chi connectivity index (χ4v) is 1.41. The van der Waals surface area contributed by atoms with Crippen molar-refractivity contribution in [1.82, 2.24) is 29.8 Å². The van der Waals surface area contributed by atoms with Gasteiger partial charge >= 0.3 is 0 Å². The molecular formula is C8H7N7. The molecular weight excluding hydrogens is 194 g/mol. The van der Waals surface area contributed by atoms with Gasteiger partial charge in [-0.2, -0.15) is 10.1 Å². The second kappa shape index (κ2) is 2.77. The molecule has 15 heavy (non-hydrogen) atoms. The van der Waals surface area contributed by atoms with Gasteiger partial charge in [0, 0.05) is 12.4 Å². The number of hydrogen-bond donors (Lipinski definition) is 2. The average Bonchev–Trinajstić information content (AvgIpc) is 2.83. The maximum atomic E-state index is 5.43. The summed E-state index contributed by atoms with van der Waals surface area (Å²) in [7, 11) is 0. The summed E-state index contributed by atoms with van der Waals surface area (Å²) in [6, 6.07) is 0. The van der Waals surface area contributed by atoms with Crippen LogP contribution in [0.1, 0.15) is 0 Å². The third-order valence-corrected chi connectivity index (χ3v) is 2.08. The van der Waals surface area contributed by atoms with Crippen LogP contribution < -0.4 is 5.73 Å². The van der Waals surface area contributed by atoms with Crippen LogP contribution in [0.4, 0.5) is 5.95 Å². The SMILES string of the molecule is Nc1n[nH]c(-c2cnn3ccncc23)n1. The Kier molecular flexibility index (Phi) is 1.46. The van der Waals surface area contributed by atoms with E-state index >= 15 is 0 Å². The standard InChI is InChI=1S/C8H7N7/c9-8-12-7(13-14-8)5-3-11-15-2-1-10-4-6(5)15/h1-4H,(H3,9,12,13,14). The Hall–Kier alpha value is -2.44. The number of nitrogens with one attached hydrogen (secondary N) is 1. The van der Waals surface area contributed by atoms with Gasteiger partial charge in [-0.15, -0.1) is 5.10 Å². The zero-order valence-electron chi connectivity index (χ0n) is 7.62. The van der Waals surface area contributed by atoms with Crippen LogP contribution in [0.15, 0.2) is 24.8 Å². The number of anilines is 1. The Morgan fingerprint density at radius 1 is 1.33 bits per heavy atom. The minimum absolute atomic E-state index is 0.216. The minimum atomic E-state index is 0.216. The van der Waals surface area contributed by atoms with E-state index in [0.717, 1.165) is 11.1 Å². The average molecular weight is 201 g/mol. The normalized spacial score (nSPS) is 10.9. The molecule has 0 spiro atoms. The molecule has 3 rings (SSSR count). The second-order valence-corrected chi connectivity index (χ2v) is 3.01. The zero-order chi connectivity index (χ0) is 10.3. The molecule has 0 aromatic carbocycles. The molecule has 3 N–H and O–H groups in total. The molecule has 3 heterocycles. The summed E-state index contributed by atoms with van der Waals surface area (Å²) in [6.07, 6.45) is 6.83. The van der Waals surface area contributed by atoms with Crippen LogP contribution in [0.25, 0.3) is 16.9 Å². The molecule has 3 aromatic heterocycles. The van der Waals surface area contributed by atoms with Crippen LogP contribution in [0.2, 0.25) is 0 Å². The summed E-state index contributed by atoms with van der Waals surface area (Å²) in [4.78, 5) is 8.06. The van der Waals surface area contributed by atoms with Crippen molar-refractivity contribution in [3.05, 3.63) is 24.8 Å². The second-order valence-electron chi connectivity index (χ2n) is 3.01. The highest BCUT2D eigenvalue weighted by Gasteiger charge is 2.09. The lowest BCUT2D eigenvalue weighted by Gasteiger charge is -1.92. The first-order valence-corrected chi connectivity index (χ1v) is 4.30. The third-order valence-electron chi connectivity index (χ3n) is 2.08. The lowest BCUT2D eigenvalue weighted by atomic mass is 10.3. The van der Waals surface area contributed by atoms with Gasteiger partial charge in [0.05, 0.1) is 23.5 Å². The predicted octanol–water partition coefficient (Wildman–Crippen LogP) is 0.0966. The van der Waals surface area contributed by atoms with E-state index in [1.165, 1.54) is 0 Å². The molecule has 0 saturated carbocycles. The first-order valence-electron chi connectivity index (χ1n) is 4.30. The molecule has 0 radical (unpaired) electrons. The number of aromatic nitrogens is 6. The summed E-state index contributed by atoms with van der Waals surface area (Å²) < 4.78 is 1.71. The maximum Gasteiger partial charge on any atom is 0.239 e. The molecule has 7 heteroatoms. The number of nitrogen functional groups attached to an aromatic ring is 1. The van der Waals surface area contributed by atoms with Crippen molar-refractivity contribution in [2.45, 2.75) is 0 Å². The number of aromatic amines is 1. The molecule has 0 aliphatic heterocycles. The van der Waals surface area contributed by atoms with Gasteiger partial charge in [0.1, 0.15) is 0 Å². The van der Waals surface area contributed by atoms with E-state index < -0.39 is 0 Å². The van der Waals surface area contributed by atoms with Crippen LogP contribution in [0, 0.1) is 0 Å². The quantitative estimate of drug-likeness (QED) is 0.581. The Morgan fingerprint density at radius 2 is 2.27 bits per heavy atom. The van der Waals surface area contributed by atoms with E-state index in [9.17, 15) is 0 Å². The number of H-pyrrole nitrogens is 1. The van der Waals surface area contributed by atoms with Gasteiger partial charge in [-0.3, -0.25) is 10.1 Å². The van der Waals surface area contributed by atoms with Crippen LogP contribution in [-0.2, 0) is 0 Å². The molecule has 74 valence electrons. The summed E-state index contributed by atoms with van der Waals surface area (Å²) in [5, 5.41) is 10.6. The van der Waals surface area contributed by atoms with Crippen LogP contribution in [0.3, 0.4) is 0 Å². The Bertz CT molecular complexity index is 608. The Labute approximate surface area is 84.0 Å². The lowest BCUT2D eigenvalue weighted by Crippen LogP contribution is -1.87. The zero-order valence-corrected chi connectivity index (χ0v) is 7.62. The molecule has 0 unspecified atom stereocenters. The smallest absolute Gasteiger partial charge is 0.239 e. The van der Waals surface area contributed by atoms with Crippen molar-refractivity contribution in [3.8, 4) is 11.4 Å². The lowest BCUT2D eigenvalue weighted by molar-refractivity contribution is 0.946. The molecule has 0 fully saturated rings. The maximum absolute atomic E-state index is 5.43. The fraction of sp³-hybridized carbons (Fsp3) is 0. The van der Waals surface area contributed by atoms with Crippen molar-refractivity contribution >= 4 is 11.5 Å². The highest BCUT2D eigenvalue weighted by atomic mass is 15.3. The van der Waals surface area contributed by atoms with Crippen molar-refractivity contribution in [2.24, 2.45) is 0 Å². The van der Waals surface area contributed by atoms with Crippen molar-refractivity contribution in [1.29, 1.82) is 0 Å². The molecule has 0 aliphatic carbocycles. The molecule has 7 nitrogen and oxygen atoms in total. The van der Waals surface area contributed by atoms with Gasteiger partial charge in [-0.05, 0) is 0 Å². The van der Waals surface area contributed by atoms with E-state index in [0.29, 0.717) is 5.82 Å². The Balaban J connectivity index is 2.27. The van der Waals surface area contributed by atoms with Crippen LogP contribution in [-0.4, -0.2) is 29.8 Å². The molecule has 0 aliphatic rings. The molecule has 0 saturated heterocycles. The predicted molar refractivity (Wildman–Crippen MR) is 52.8 cm³/mol. The van der Waals surface area contributed by atoms with Gasteiger partial charge < -0.3 is 5.73 Å². The number of rotatable bonds is 1. The van der Waals surface area contributed by atoms with Crippen molar-refractivity contribution < 1.29 is 0 Å². The van der Waals surface area contributed by atoms with Crippen molar-refractivity contribution in [2.75, 3.05) is 5.73 Å². The highest BCUT2D eigenvalue weighted by molar-refractivity contribution is 5.74. The Morgan fingerprint density at radius 3 is 3.07 bits per heavy atom. The van der Waals surface area contributed by atoms with Gasteiger partial charge in [-0.1, -0.05) is 0 Å². The van der Waals surface area contributed by atoms with Crippen molar-refractivity contribution in [3.63, 3.8) is 0 Å². The summed E-state index contributed by atoms with van der Waals surface area (Å²) >= 11 is 0. The molecule has 3 aromatic rings. The summed E-state index contributed by atoms with van der Waals surface area (Å²) in [6.45, 7) is 0. The van der Waals surface area contributed by atoms with Gasteiger partial charge in [-0.25, -0.2) is 4.52 Å². The van der Waals surface area contributed by atoms with Gasteiger partial charge in [0.15, 0.2) is 5.82 Å². The number of nitrogens with two attached hydrogens (primary N) is 1. The van der Waals surface area contributed by atoms with E-state index in [4.69, 9.17) is 5.73 Å². The van der Waals surface area contributed by atoms with Gasteiger partial charge in [0.2, 0.25) is 5.95 Å². The van der Waals surface area contributed by atoms with E-state index in [1.54, 1.807) is 29.3 Å². The number of nitrogens with zero attached hydrogens (tertiary/aromatic N) is 5. The molecule has 0 bridgehead atoms. The largest absolute Gasteiger partial charge is 0.366 e. The van der Waals surface area contributed by atoms with E-state index in [1.807, 2.05) is 0 Å². The van der Waals surface area contributed by atoms with Gasteiger partial charge in [0.25, 0.3) is 0 Å². The number of hydrogen-bond acceptors (Lipinski definition) is 5. The molecule has 0 atom stereocenters. The fourth-order valence-electron chi connectivity index (χ4n) is 1.41. The number of fused-ring (bicyclic) bond motifs is 1. The highest BCUT2D eigenvalue weighted by Crippen LogP contribution is 2.19. The van der Waals surface area contributed by atoms with E-state index in [-0.39, 0.29) is 5.95 Å². The first-order chi connectivity index (χ1) is 7.34. The third kappa shape index (κ3) is 1.13. The van der Waals surface area contributed by atoms with E-state index in [2.05, 4.69) is 25.3 Å². The summed E-state index contributed by atoms with van der Waals surface area (Å²) in [5.74, 6) is 0.809. The minimum Gasteiger partial charge on any atom is -0.366 e. The topological polar surface area (TPSA) is 97.8 Å².